The lowest BCUT2D eigenvalue weighted by atomic mass is 10.0. The van der Waals surface area contributed by atoms with Gasteiger partial charge in [-0.15, -0.1) is 0 Å². The standard InChI is InChI=1S/C18H17N3O4/c1-12(14-8-5-9-15(10-14)21(23)24)19-18(22)17-11-16(20-25-17)13-6-3-2-4-7-13/h2-10,12,17H,11H2,1H3,(H,19,22)/t12-,17-/m0/s1. The first-order valence-corrected chi connectivity index (χ1v) is 7.87. The smallest absolute Gasteiger partial charge is 0.269 e. The summed E-state index contributed by atoms with van der Waals surface area (Å²) < 4.78 is 0. The number of nitrogens with one attached hydrogen (secondary N) is 1. The number of hydrogen-bond acceptors (Lipinski definition) is 5. The van der Waals surface area contributed by atoms with Crippen LogP contribution in [0.4, 0.5) is 5.69 Å². The average molecular weight is 339 g/mol. The van der Waals surface area contributed by atoms with Crippen molar-refractivity contribution < 1.29 is 14.6 Å². The molecule has 7 heteroatoms. The van der Waals surface area contributed by atoms with Gasteiger partial charge in [0.1, 0.15) is 0 Å². The fourth-order valence-corrected chi connectivity index (χ4v) is 2.62. The number of nitro groups is 1. The number of nitrogens with zero attached hydrogens (tertiary/aromatic N) is 2. The third-order valence-corrected chi connectivity index (χ3v) is 4.01. The van der Waals surface area contributed by atoms with Crippen molar-refractivity contribution in [1.82, 2.24) is 5.32 Å². The van der Waals surface area contributed by atoms with Crippen LogP contribution >= 0.6 is 0 Å². The molecule has 0 saturated heterocycles. The van der Waals surface area contributed by atoms with Gasteiger partial charge in [-0.3, -0.25) is 14.9 Å². The first-order chi connectivity index (χ1) is 12.0. The van der Waals surface area contributed by atoms with Crippen LogP contribution in [0.3, 0.4) is 0 Å². The van der Waals surface area contributed by atoms with Crippen molar-refractivity contribution in [3.05, 3.63) is 75.8 Å². The van der Waals surface area contributed by atoms with Crippen LogP contribution in [0.15, 0.2) is 59.8 Å². The summed E-state index contributed by atoms with van der Waals surface area (Å²) in [5.41, 5.74) is 2.29. The SMILES string of the molecule is C[C@H](NC(=O)[C@@H]1CC(c2ccccc2)=NO1)c1cccc([N+](=O)[O-])c1. The maximum absolute atomic E-state index is 12.4. The van der Waals surface area contributed by atoms with Gasteiger partial charge in [-0.05, 0) is 18.1 Å². The van der Waals surface area contributed by atoms with E-state index >= 15 is 0 Å². The molecule has 1 amide bonds. The summed E-state index contributed by atoms with van der Waals surface area (Å²) in [6.45, 7) is 1.77. The van der Waals surface area contributed by atoms with Gasteiger partial charge in [0.15, 0.2) is 0 Å². The highest BCUT2D eigenvalue weighted by atomic mass is 16.6. The quantitative estimate of drug-likeness (QED) is 0.669. The number of amides is 1. The molecular weight excluding hydrogens is 322 g/mol. The monoisotopic (exact) mass is 339 g/mol. The highest BCUT2D eigenvalue weighted by Crippen LogP contribution is 2.21. The summed E-state index contributed by atoms with van der Waals surface area (Å²) in [7, 11) is 0. The molecular formula is C18H17N3O4. The van der Waals surface area contributed by atoms with E-state index in [1.165, 1.54) is 12.1 Å². The van der Waals surface area contributed by atoms with Gasteiger partial charge in [0.2, 0.25) is 6.10 Å². The van der Waals surface area contributed by atoms with Gasteiger partial charge in [-0.25, -0.2) is 0 Å². The number of nitro benzene ring substituents is 1. The lowest BCUT2D eigenvalue weighted by molar-refractivity contribution is -0.384. The van der Waals surface area contributed by atoms with Gasteiger partial charge in [-0.2, -0.15) is 0 Å². The number of hydrogen-bond donors (Lipinski definition) is 1. The van der Waals surface area contributed by atoms with Crippen molar-refractivity contribution >= 4 is 17.3 Å². The molecule has 2 aromatic rings. The van der Waals surface area contributed by atoms with Gasteiger partial charge < -0.3 is 10.2 Å². The Hall–Kier alpha value is -3.22. The van der Waals surface area contributed by atoms with Gasteiger partial charge >= 0.3 is 0 Å². The minimum absolute atomic E-state index is 0.00888. The highest BCUT2D eigenvalue weighted by Gasteiger charge is 2.29. The van der Waals surface area contributed by atoms with Crippen LogP contribution < -0.4 is 5.32 Å². The molecule has 1 N–H and O–H groups in total. The number of carbonyl (C=O) groups is 1. The summed E-state index contributed by atoms with van der Waals surface area (Å²) in [5, 5.41) is 17.7. The largest absolute Gasteiger partial charge is 0.382 e. The minimum atomic E-state index is -0.698. The zero-order valence-electron chi connectivity index (χ0n) is 13.6. The number of carbonyl (C=O) groups excluding carboxylic acids is 1. The van der Waals surface area contributed by atoms with Gasteiger partial charge in [0.05, 0.1) is 16.7 Å². The van der Waals surface area contributed by atoms with Crippen LogP contribution in [-0.2, 0) is 9.63 Å². The normalized spacial score (nSPS) is 17.3. The zero-order valence-corrected chi connectivity index (χ0v) is 13.6. The lowest BCUT2D eigenvalue weighted by Gasteiger charge is -2.16. The van der Waals surface area contributed by atoms with E-state index in [4.69, 9.17) is 4.84 Å². The molecule has 0 unspecified atom stereocenters. The number of non-ortho nitro benzene ring substituents is 1. The molecule has 1 heterocycles. The molecule has 2 atom stereocenters. The summed E-state index contributed by atoms with van der Waals surface area (Å²) in [4.78, 5) is 28.0. The second kappa shape index (κ2) is 7.12. The number of benzene rings is 2. The lowest BCUT2D eigenvalue weighted by Crippen LogP contribution is -2.36. The Morgan fingerprint density at radius 1 is 1.28 bits per heavy atom. The Kier molecular flexibility index (Phi) is 4.74. The summed E-state index contributed by atoms with van der Waals surface area (Å²) >= 11 is 0. The molecule has 0 aliphatic carbocycles. The van der Waals surface area contributed by atoms with Gasteiger partial charge in [-0.1, -0.05) is 47.6 Å². The Balaban J connectivity index is 1.62. The van der Waals surface area contributed by atoms with Crippen LogP contribution in [0.2, 0.25) is 0 Å². The highest BCUT2D eigenvalue weighted by molar-refractivity contribution is 6.04. The molecule has 3 rings (SSSR count). The van der Waals surface area contributed by atoms with E-state index in [1.807, 2.05) is 30.3 Å². The fourth-order valence-electron chi connectivity index (χ4n) is 2.62. The van der Waals surface area contributed by atoms with Gasteiger partial charge in [0, 0.05) is 18.6 Å². The van der Waals surface area contributed by atoms with E-state index in [0.717, 1.165) is 11.3 Å². The van der Waals surface area contributed by atoms with Crippen LogP contribution in [0, 0.1) is 10.1 Å². The molecule has 25 heavy (non-hydrogen) atoms. The number of rotatable bonds is 5. The van der Waals surface area contributed by atoms with Crippen molar-refractivity contribution in [2.24, 2.45) is 5.16 Å². The van der Waals surface area contributed by atoms with E-state index in [1.54, 1.807) is 19.1 Å². The molecule has 0 aromatic heterocycles. The van der Waals surface area contributed by atoms with E-state index in [0.29, 0.717) is 12.0 Å². The molecule has 0 spiro atoms. The predicted molar refractivity (Wildman–Crippen MR) is 92.1 cm³/mol. The van der Waals surface area contributed by atoms with Crippen molar-refractivity contribution in [1.29, 1.82) is 0 Å². The topological polar surface area (TPSA) is 93.8 Å². The molecule has 0 fully saturated rings. The van der Waals surface area contributed by atoms with E-state index in [2.05, 4.69) is 10.5 Å². The average Bonchev–Trinajstić information content (AvgIpc) is 3.13. The van der Waals surface area contributed by atoms with E-state index < -0.39 is 11.0 Å². The first-order valence-electron chi connectivity index (χ1n) is 7.87. The molecule has 128 valence electrons. The maximum Gasteiger partial charge on any atom is 0.269 e. The molecule has 0 saturated carbocycles. The first kappa shape index (κ1) is 16.6. The summed E-state index contributed by atoms with van der Waals surface area (Å²) in [5.74, 6) is -0.298. The van der Waals surface area contributed by atoms with Crippen LogP contribution in [-0.4, -0.2) is 22.6 Å². The second-order valence-electron chi connectivity index (χ2n) is 5.78. The van der Waals surface area contributed by atoms with Crippen molar-refractivity contribution in [3.8, 4) is 0 Å². The Bertz CT molecular complexity index is 820. The molecule has 7 nitrogen and oxygen atoms in total. The summed E-state index contributed by atoms with van der Waals surface area (Å²) in [6, 6.07) is 15.3. The van der Waals surface area contributed by atoms with Crippen LogP contribution in [0.5, 0.6) is 0 Å². The van der Waals surface area contributed by atoms with Crippen molar-refractivity contribution in [2.75, 3.05) is 0 Å². The Morgan fingerprint density at radius 2 is 2.04 bits per heavy atom. The maximum atomic E-state index is 12.4. The van der Waals surface area contributed by atoms with Crippen molar-refractivity contribution in [3.63, 3.8) is 0 Å². The third-order valence-electron chi connectivity index (χ3n) is 4.01. The zero-order chi connectivity index (χ0) is 17.8. The molecule has 1 aliphatic heterocycles. The Morgan fingerprint density at radius 3 is 2.76 bits per heavy atom. The number of oxime groups is 1. The van der Waals surface area contributed by atoms with Crippen LogP contribution in [0.25, 0.3) is 0 Å². The molecule has 0 radical (unpaired) electrons. The predicted octanol–water partition coefficient (Wildman–Crippen LogP) is 2.97. The minimum Gasteiger partial charge on any atom is -0.382 e. The Labute approximate surface area is 144 Å². The molecule has 2 aromatic carbocycles. The molecule has 1 aliphatic rings. The fraction of sp³-hybridized carbons (Fsp3) is 0.222. The van der Waals surface area contributed by atoms with E-state index in [-0.39, 0.29) is 17.6 Å². The van der Waals surface area contributed by atoms with Crippen LogP contribution in [0.1, 0.15) is 30.5 Å². The van der Waals surface area contributed by atoms with Crippen molar-refractivity contribution in [2.45, 2.75) is 25.5 Å². The third kappa shape index (κ3) is 3.82. The molecule has 0 bridgehead atoms. The van der Waals surface area contributed by atoms with E-state index in [9.17, 15) is 14.9 Å². The van der Waals surface area contributed by atoms with Gasteiger partial charge in [0.25, 0.3) is 11.6 Å². The summed E-state index contributed by atoms with van der Waals surface area (Å²) in [6.07, 6.45) is -0.311. The second-order valence-corrected chi connectivity index (χ2v) is 5.78.